The van der Waals surface area contributed by atoms with E-state index in [1.54, 1.807) is 0 Å². The molecule has 10 heteroatoms. The zero-order chi connectivity index (χ0) is 58.4. The average molecular weight is 1140 g/mol. The van der Waals surface area contributed by atoms with E-state index in [9.17, 15) is 19.0 Å². The van der Waals surface area contributed by atoms with Gasteiger partial charge >= 0.3 is 11.9 Å². The molecule has 0 rings (SSSR count). The Kier molecular flexibility index (Phi) is 59.1. The van der Waals surface area contributed by atoms with E-state index in [0.29, 0.717) is 17.4 Å². The SMILES string of the molecule is CC/C=C\C/C=C\C/C=C\C/C=C\C/C=C\CCCCCCCC(=O)OC(COC(=O)CCCCCCCCCCCCCCCCCCCCCCCCC/C=C\CCCCCCCCCC)COP(=O)([O-])OCC[N+](C)(C)C. The molecule has 0 aromatic rings. The Morgan fingerprint density at radius 3 is 1.07 bits per heavy atom. The minimum absolute atomic E-state index is 0.0367. The van der Waals surface area contributed by atoms with Gasteiger partial charge in [-0.15, -0.1) is 0 Å². The van der Waals surface area contributed by atoms with Gasteiger partial charge in [-0.3, -0.25) is 14.2 Å². The van der Waals surface area contributed by atoms with E-state index in [1.165, 1.54) is 193 Å². The van der Waals surface area contributed by atoms with Crippen LogP contribution in [0.3, 0.4) is 0 Å². The van der Waals surface area contributed by atoms with Crippen molar-refractivity contribution in [3.63, 3.8) is 0 Å². The Bertz CT molecular complexity index is 1580. The Hall–Kier alpha value is -2.55. The monoisotopic (exact) mass is 1140 g/mol. The number of likely N-dealkylation sites (N-methyl/N-ethyl adjacent to an activating group) is 1. The smallest absolute Gasteiger partial charge is 0.306 e. The second-order valence-corrected chi connectivity index (χ2v) is 25.2. The van der Waals surface area contributed by atoms with E-state index in [0.717, 1.165) is 83.5 Å². The third kappa shape index (κ3) is 64.6. The largest absolute Gasteiger partial charge is 0.756 e. The van der Waals surface area contributed by atoms with Crippen LogP contribution in [0.1, 0.15) is 309 Å². The van der Waals surface area contributed by atoms with Crippen molar-refractivity contribution < 1.29 is 42.1 Å². The number of carbonyl (C=O) groups excluding carboxylic acids is 2. The molecule has 80 heavy (non-hydrogen) atoms. The standard InChI is InChI=1S/C70H128NO8P/c1-6-8-10-12-14-16-18-20-22-24-26-28-29-30-31-32-33-34-35-36-37-38-39-40-41-43-44-46-48-50-52-54-56-58-60-62-69(72)76-66-68(67-78-80(74,75)77-65-64-71(3,4)5)79-70(73)63-61-59-57-55-53-51-49-47-45-42-27-25-23-21-19-17-15-13-11-9-7-2/h9,11,15,17,21,23-24,26-27,42,47,49,68H,6-8,10,12-14,16,18-20,22,25,28-41,43-46,48,50-67H2,1-5H3/b11-9-,17-15-,23-21-,26-24-,42-27-,49-47-. The number of unbranched alkanes of at least 4 members (excludes halogenated alkanes) is 36. The zero-order valence-corrected chi connectivity index (χ0v) is 53.9. The summed E-state index contributed by atoms with van der Waals surface area (Å²) >= 11 is 0. The first-order valence-corrected chi connectivity index (χ1v) is 35.1. The molecule has 0 N–H and O–H groups in total. The van der Waals surface area contributed by atoms with Gasteiger partial charge in [0.2, 0.25) is 0 Å². The molecule has 0 saturated carbocycles. The fourth-order valence-corrected chi connectivity index (χ4v) is 10.3. The number of ether oxygens (including phenoxy) is 2. The van der Waals surface area contributed by atoms with Crippen LogP contribution in [0.4, 0.5) is 0 Å². The molecule has 0 aliphatic heterocycles. The second-order valence-electron chi connectivity index (χ2n) is 23.8. The maximum Gasteiger partial charge on any atom is 0.306 e. The number of carbonyl (C=O) groups is 2. The lowest BCUT2D eigenvalue weighted by molar-refractivity contribution is -0.870. The first-order chi connectivity index (χ1) is 39.0. The molecule has 0 saturated heterocycles. The van der Waals surface area contributed by atoms with Crippen molar-refractivity contribution >= 4 is 19.8 Å². The number of esters is 2. The van der Waals surface area contributed by atoms with Gasteiger partial charge in [0, 0.05) is 12.8 Å². The lowest BCUT2D eigenvalue weighted by Gasteiger charge is -2.28. The van der Waals surface area contributed by atoms with Gasteiger partial charge in [-0.2, -0.15) is 0 Å². The summed E-state index contributed by atoms with van der Waals surface area (Å²) in [6.45, 7) is 4.13. The highest BCUT2D eigenvalue weighted by atomic mass is 31.2. The fourth-order valence-electron chi connectivity index (χ4n) is 9.56. The van der Waals surface area contributed by atoms with Gasteiger partial charge < -0.3 is 27.9 Å². The Morgan fingerprint density at radius 1 is 0.400 bits per heavy atom. The number of quaternary nitrogens is 1. The summed E-state index contributed by atoms with van der Waals surface area (Å²) in [6, 6.07) is 0. The van der Waals surface area contributed by atoms with Gasteiger partial charge in [0.05, 0.1) is 27.7 Å². The van der Waals surface area contributed by atoms with Crippen molar-refractivity contribution in [1.29, 1.82) is 0 Å². The molecule has 0 amide bonds. The van der Waals surface area contributed by atoms with Gasteiger partial charge in [-0.05, 0) is 83.5 Å². The second kappa shape index (κ2) is 61.0. The zero-order valence-electron chi connectivity index (χ0n) is 53.0. The van der Waals surface area contributed by atoms with E-state index in [4.69, 9.17) is 18.5 Å². The molecule has 0 spiro atoms. The highest BCUT2D eigenvalue weighted by Crippen LogP contribution is 2.38. The third-order valence-corrected chi connectivity index (χ3v) is 15.7. The van der Waals surface area contributed by atoms with Crippen molar-refractivity contribution in [3.8, 4) is 0 Å². The van der Waals surface area contributed by atoms with Crippen LogP contribution in [0.15, 0.2) is 72.9 Å². The molecule has 0 fully saturated rings. The predicted molar refractivity (Wildman–Crippen MR) is 342 cm³/mol. The van der Waals surface area contributed by atoms with Crippen molar-refractivity contribution in [3.05, 3.63) is 72.9 Å². The lowest BCUT2D eigenvalue weighted by atomic mass is 10.0. The van der Waals surface area contributed by atoms with E-state index in [1.807, 2.05) is 21.1 Å². The highest BCUT2D eigenvalue weighted by molar-refractivity contribution is 7.45. The number of allylic oxidation sites excluding steroid dienone is 12. The summed E-state index contributed by atoms with van der Waals surface area (Å²) in [4.78, 5) is 38.0. The maximum absolute atomic E-state index is 12.8. The number of hydrogen-bond acceptors (Lipinski definition) is 8. The molecule has 0 aromatic heterocycles. The number of hydrogen-bond donors (Lipinski definition) is 0. The maximum atomic E-state index is 12.8. The van der Waals surface area contributed by atoms with Crippen molar-refractivity contribution in [2.24, 2.45) is 0 Å². The van der Waals surface area contributed by atoms with Crippen molar-refractivity contribution in [2.45, 2.75) is 315 Å². The van der Waals surface area contributed by atoms with Crippen LogP contribution in [0, 0.1) is 0 Å². The van der Waals surface area contributed by atoms with Crippen LogP contribution >= 0.6 is 7.82 Å². The van der Waals surface area contributed by atoms with Crippen molar-refractivity contribution in [2.75, 3.05) is 47.5 Å². The van der Waals surface area contributed by atoms with E-state index in [2.05, 4.69) is 86.8 Å². The molecule has 2 atom stereocenters. The summed E-state index contributed by atoms with van der Waals surface area (Å²) < 4.78 is 34.2. The average Bonchev–Trinajstić information content (AvgIpc) is 3.42. The molecule has 0 bridgehead atoms. The minimum atomic E-state index is -4.65. The van der Waals surface area contributed by atoms with Gasteiger partial charge in [-0.1, -0.05) is 286 Å². The van der Waals surface area contributed by atoms with Crippen LogP contribution in [-0.4, -0.2) is 70.0 Å². The van der Waals surface area contributed by atoms with Gasteiger partial charge in [0.25, 0.3) is 7.82 Å². The molecule has 0 aliphatic carbocycles. The molecule has 0 aliphatic rings. The van der Waals surface area contributed by atoms with Gasteiger partial charge in [0.15, 0.2) is 6.10 Å². The summed E-state index contributed by atoms with van der Waals surface area (Å²) in [5.74, 6) is -0.847. The topological polar surface area (TPSA) is 111 Å². The summed E-state index contributed by atoms with van der Waals surface area (Å²) in [7, 11) is 1.15. The number of phosphoric ester groups is 1. The number of rotatable bonds is 62. The fraction of sp³-hybridized carbons (Fsp3) is 0.800. The summed E-state index contributed by atoms with van der Waals surface area (Å²) in [5.41, 5.74) is 0. The normalized spacial score (nSPS) is 13.6. The summed E-state index contributed by atoms with van der Waals surface area (Å²) in [6.07, 6.45) is 81.3. The van der Waals surface area contributed by atoms with Crippen LogP contribution in [0.5, 0.6) is 0 Å². The van der Waals surface area contributed by atoms with Crippen LogP contribution < -0.4 is 4.89 Å². The lowest BCUT2D eigenvalue weighted by Crippen LogP contribution is -2.37. The van der Waals surface area contributed by atoms with Gasteiger partial charge in [-0.25, -0.2) is 0 Å². The van der Waals surface area contributed by atoms with E-state index >= 15 is 0 Å². The van der Waals surface area contributed by atoms with Crippen molar-refractivity contribution in [1.82, 2.24) is 0 Å². The minimum Gasteiger partial charge on any atom is -0.756 e. The first-order valence-electron chi connectivity index (χ1n) is 33.6. The molecule has 0 heterocycles. The Labute approximate surface area is 495 Å². The first kappa shape index (κ1) is 77.5. The summed E-state index contributed by atoms with van der Waals surface area (Å²) in [5, 5.41) is 0. The Balaban J connectivity index is 4.00. The Morgan fingerprint density at radius 2 is 0.713 bits per heavy atom. The third-order valence-electron chi connectivity index (χ3n) is 14.7. The predicted octanol–water partition coefficient (Wildman–Crippen LogP) is 21.0. The molecule has 2 unspecified atom stereocenters. The van der Waals surface area contributed by atoms with Crippen LogP contribution in [0.25, 0.3) is 0 Å². The quantitative estimate of drug-likeness (QED) is 0.0195. The molecular formula is C70H128NO8P. The van der Waals surface area contributed by atoms with Crippen LogP contribution in [0.2, 0.25) is 0 Å². The molecular weight excluding hydrogens is 1010 g/mol. The number of nitrogens with zero attached hydrogens (tertiary/aromatic N) is 1. The molecule has 9 nitrogen and oxygen atoms in total. The van der Waals surface area contributed by atoms with Crippen LogP contribution in [-0.2, 0) is 32.7 Å². The van der Waals surface area contributed by atoms with Gasteiger partial charge in [0.1, 0.15) is 19.8 Å². The number of phosphoric acid groups is 1. The molecule has 0 aromatic carbocycles. The molecule has 0 radical (unpaired) electrons. The van der Waals surface area contributed by atoms with E-state index in [-0.39, 0.29) is 32.0 Å². The highest BCUT2D eigenvalue weighted by Gasteiger charge is 2.22. The van der Waals surface area contributed by atoms with E-state index < -0.39 is 26.5 Å². The molecule has 466 valence electrons.